The Labute approximate surface area is 155 Å². The molecule has 0 fully saturated rings. The lowest BCUT2D eigenvalue weighted by Gasteiger charge is -2.33. The number of carbonyl (C=O) groups excluding carboxylic acids is 1. The smallest absolute Gasteiger partial charge is 0.257 e. The predicted octanol–water partition coefficient (Wildman–Crippen LogP) is 3.06. The molecule has 1 aromatic heterocycles. The van der Waals surface area contributed by atoms with Crippen LogP contribution in [0.25, 0.3) is 0 Å². The van der Waals surface area contributed by atoms with Crippen molar-refractivity contribution in [2.75, 3.05) is 18.7 Å². The fraction of sp³-hybridized carbons (Fsp3) is 0.316. The fourth-order valence-corrected chi connectivity index (χ4v) is 4.13. The fourth-order valence-electron chi connectivity index (χ4n) is 3.75. The zero-order chi connectivity index (χ0) is 18.3. The van der Waals surface area contributed by atoms with E-state index in [9.17, 15) is 9.59 Å². The summed E-state index contributed by atoms with van der Waals surface area (Å²) in [6.07, 6.45) is 3.93. The van der Waals surface area contributed by atoms with Gasteiger partial charge in [-0.25, -0.2) is 4.98 Å². The molecule has 7 heteroatoms. The first-order chi connectivity index (χ1) is 12.6. The van der Waals surface area contributed by atoms with Gasteiger partial charge in [0.15, 0.2) is 10.9 Å². The number of hydrogen-bond donors (Lipinski definition) is 2. The summed E-state index contributed by atoms with van der Waals surface area (Å²) < 4.78 is 5.52. The van der Waals surface area contributed by atoms with Crippen molar-refractivity contribution in [3.63, 3.8) is 0 Å². The van der Waals surface area contributed by atoms with Crippen LogP contribution in [0, 0.1) is 0 Å². The summed E-state index contributed by atoms with van der Waals surface area (Å²) >= 11 is 1.38. The number of methoxy groups -OCH3 is 1. The van der Waals surface area contributed by atoms with Crippen molar-refractivity contribution in [1.82, 2.24) is 9.97 Å². The molecule has 1 aromatic carbocycles. The van der Waals surface area contributed by atoms with Gasteiger partial charge < -0.3 is 15.0 Å². The molecular weight excluding hydrogens is 350 g/mol. The van der Waals surface area contributed by atoms with Gasteiger partial charge in [-0.1, -0.05) is 30.0 Å². The molecule has 0 radical (unpaired) electrons. The maximum Gasteiger partial charge on any atom is 0.257 e. The summed E-state index contributed by atoms with van der Waals surface area (Å²) in [4.78, 5) is 33.0. The van der Waals surface area contributed by atoms with Crippen molar-refractivity contribution in [2.24, 2.45) is 0 Å². The molecule has 1 aliphatic heterocycles. The first-order valence-corrected chi connectivity index (χ1v) is 9.71. The minimum Gasteiger partial charge on any atom is -0.496 e. The van der Waals surface area contributed by atoms with Gasteiger partial charge in [-0.2, -0.15) is 0 Å². The molecule has 1 atom stereocenters. The second kappa shape index (κ2) is 6.64. The molecule has 0 saturated heterocycles. The van der Waals surface area contributed by atoms with Crippen LogP contribution in [0.1, 0.15) is 36.3 Å². The van der Waals surface area contributed by atoms with Gasteiger partial charge in [-0.15, -0.1) is 0 Å². The number of ether oxygens (including phenoxy) is 1. The van der Waals surface area contributed by atoms with Crippen molar-refractivity contribution < 1.29 is 9.53 Å². The number of ketones is 1. The number of aromatic nitrogens is 2. The zero-order valence-electron chi connectivity index (χ0n) is 14.6. The first kappa shape index (κ1) is 16.9. The number of hydrogen-bond acceptors (Lipinski definition) is 6. The maximum atomic E-state index is 12.9. The van der Waals surface area contributed by atoms with Crippen LogP contribution in [0.4, 0.5) is 5.82 Å². The Morgan fingerprint density at radius 1 is 1.23 bits per heavy atom. The van der Waals surface area contributed by atoms with Crippen LogP contribution in [0.3, 0.4) is 0 Å². The van der Waals surface area contributed by atoms with E-state index in [0.29, 0.717) is 34.3 Å². The molecule has 2 aliphatic rings. The summed E-state index contributed by atoms with van der Waals surface area (Å²) in [5.74, 6) is 0.789. The molecule has 0 unspecified atom stereocenters. The van der Waals surface area contributed by atoms with Crippen molar-refractivity contribution in [2.45, 2.75) is 30.3 Å². The van der Waals surface area contributed by atoms with Crippen LogP contribution < -0.4 is 15.6 Å². The summed E-state index contributed by atoms with van der Waals surface area (Å²) in [5.41, 5.74) is 2.59. The molecule has 0 spiro atoms. The average molecular weight is 369 g/mol. The van der Waals surface area contributed by atoms with Crippen LogP contribution in [0.15, 0.2) is 45.5 Å². The van der Waals surface area contributed by atoms with Gasteiger partial charge in [0.2, 0.25) is 0 Å². The third-order valence-corrected chi connectivity index (χ3v) is 5.46. The number of aromatic amines is 1. The molecule has 0 amide bonds. The quantitative estimate of drug-likeness (QED) is 0.639. The minimum absolute atomic E-state index is 0.0775. The molecule has 1 aliphatic carbocycles. The van der Waals surface area contributed by atoms with Crippen molar-refractivity contribution >= 4 is 23.4 Å². The Bertz CT molecular complexity index is 980. The number of benzene rings is 1. The lowest BCUT2D eigenvalue weighted by molar-refractivity contribution is -0.116. The number of Topliss-reactive ketones (excluding diaryl/α,β-unsaturated/α-hetero) is 1. The highest BCUT2D eigenvalue weighted by Crippen LogP contribution is 2.45. The molecule has 4 rings (SSSR count). The zero-order valence-corrected chi connectivity index (χ0v) is 15.4. The van der Waals surface area contributed by atoms with E-state index in [1.807, 2.05) is 30.5 Å². The summed E-state index contributed by atoms with van der Waals surface area (Å²) in [6.45, 7) is 0. The maximum absolute atomic E-state index is 12.9. The summed E-state index contributed by atoms with van der Waals surface area (Å²) in [6, 6.07) is 7.53. The Morgan fingerprint density at radius 3 is 2.81 bits per heavy atom. The Kier molecular flexibility index (Phi) is 4.32. The highest BCUT2D eigenvalue weighted by Gasteiger charge is 2.38. The molecular formula is C19H19N3O3S. The largest absolute Gasteiger partial charge is 0.496 e. The van der Waals surface area contributed by atoms with E-state index < -0.39 is 5.92 Å². The Hall–Kier alpha value is -2.54. The Morgan fingerprint density at radius 2 is 2.04 bits per heavy atom. The molecule has 2 heterocycles. The molecule has 134 valence electrons. The van der Waals surface area contributed by atoms with Gasteiger partial charge in [-0.05, 0) is 25.2 Å². The second-order valence-corrected chi connectivity index (χ2v) is 7.10. The standard InChI is InChI=1S/C19H19N3O3S/c1-25-13-9-4-3-6-10(13)14-15-11(7-5-8-12(15)23)20-17-16(14)18(24)22-19(21-17)26-2/h3-4,6,9,14H,5,7-8H2,1-2H3,(H2,20,21,22,24)/t14-/m0/s1. The van der Waals surface area contributed by atoms with E-state index in [1.54, 1.807) is 7.11 Å². The van der Waals surface area contributed by atoms with E-state index in [-0.39, 0.29) is 11.3 Å². The van der Waals surface area contributed by atoms with E-state index in [1.165, 1.54) is 11.8 Å². The normalized spacial score (nSPS) is 18.8. The summed E-state index contributed by atoms with van der Waals surface area (Å²) in [7, 11) is 1.60. The van der Waals surface area contributed by atoms with Crippen molar-refractivity contribution in [3.05, 3.63) is 57.0 Å². The lowest BCUT2D eigenvalue weighted by atomic mass is 9.76. The summed E-state index contributed by atoms with van der Waals surface area (Å²) in [5, 5.41) is 3.80. The van der Waals surface area contributed by atoms with Crippen LogP contribution in [0.2, 0.25) is 0 Å². The number of fused-ring (bicyclic) bond motifs is 1. The van der Waals surface area contributed by atoms with Gasteiger partial charge in [0.05, 0.1) is 18.6 Å². The number of thioether (sulfide) groups is 1. The van der Waals surface area contributed by atoms with Gasteiger partial charge in [0.1, 0.15) is 11.6 Å². The van der Waals surface area contributed by atoms with Crippen LogP contribution in [0.5, 0.6) is 5.75 Å². The molecule has 2 aromatic rings. The molecule has 6 nitrogen and oxygen atoms in total. The molecule has 2 N–H and O–H groups in total. The van der Waals surface area contributed by atoms with Gasteiger partial charge in [0, 0.05) is 23.3 Å². The number of para-hydroxylation sites is 1. The van der Waals surface area contributed by atoms with E-state index in [0.717, 1.165) is 24.1 Å². The monoisotopic (exact) mass is 369 g/mol. The molecule has 26 heavy (non-hydrogen) atoms. The van der Waals surface area contributed by atoms with Crippen molar-refractivity contribution in [3.8, 4) is 5.75 Å². The third-order valence-electron chi connectivity index (χ3n) is 4.88. The third kappa shape index (κ3) is 2.63. The second-order valence-electron chi connectivity index (χ2n) is 6.31. The number of allylic oxidation sites excluding steroid dienone is 2. The van der Waals surface area contributed by atoms with Gasteiger partial charge in [-0.3, -0.25) is 9.59 Å². The number of nitrogens with one attached hydrogen (secondary N) is 2. The predicted molar refractivity (Wildman–Crippen MR) is 101 cm³/mol. The van der Waals surface area contributed by atoms with Gasteiger partial charge in [0.25, 0.3) is 5.56 Å². The first-order valence-electron chi connectivity index (χ1n) is 8.48. The van der Waals surface area contributed by atoms with E-state index in [2.05, 4.69) is 15.3 Å². The number of anilines is 1. The number of rotatable bonds is 3. The van der Waals surface area contributed by atoms with Crippen LogP contribution >= 0.6 is 11.8 Å². The molecule has 0 bridgehead atoms. The number of H-pyrrole nitrogens is 1. The number of carbonyl (C=O) groups is 1. The highest BCUT2D eigenvalue weighted by atomic mass is 32.2. The van der Waals surface area contributed by atoms with E-state index >= 15 is 0 Å². The highest BCUT2D eigenvalue weighted by molar-refractivity contribution is 7.98. The van der Waals surface area contributed by atoms with Crippen LogP contribution in [-0.4, -0.2) is 29.1 Å². The molecule has 0 saturated carbocycles. The van der Waals surface area contributed by atoms with Crippen LogP contribution in [-0.2, 0) is 4.79 Å². The minimum atomic E-state index is -0.475. The van der Waals surface area contributed by atoms with Crippen molar-refractivity contribution in [1.29, 1.82) is 0 Å². The topological polar surface area (TPSA) is 84.1 Å². The van der Waals surface area contributed by atoms with E-state index in [4.69, 9.17) is 4.74 Å². The Balaban J connectivity index is 2.02. The average Bonchev–Trinajstić information content (AvgIpc) is 2.66. The lowest BCUT2D eigenvalue weighted by Crippen LogP contribution is -2.32. The SMILES string of the molecule is COc1ccccc1[C@H]1C2=C(CCCC2=O)Nc2nc(SC)[nH]c(=O)c21. The van der Waals surface area contributed by atoms with Gasteiger partial charge >= 0.3 is 0 Å². The number of nitrogens with zero attached hydrogens (tertiary/aromatic N) is 1.